The van der Waals surface area contributed by atoms with Crippen molar-refractivity contribution in [3.05, 3.63) is 0 Å². The zero-order valence-corrected chi connectivity index (χ0v) is 10.1. The first-order valence-corrected chi connectivity index (χ1v) is 6.26. The van der Waals surface area contributed by atoms with Crippen molar-refractivity contribution in [2.45, 2.75) is 39.5 Å². The summed E-state index contributed by atoms with van der Waals surface area (Å²) < 4.78 is 0. The standard InChI is InChI=1S/C12H24N2O/c1-3-9-14(4-2)12(15)6-5-11-7-8-13-10-11/h11,13H,3-10H2,1-2H3. The molecule has 0 spiro atoms. The number of carbonyl (C=O) groups excluding carboxylic acids is 1. The SMILES string of the molecule is CCCN(CC)C(=O)CCC1CCNC1. The maximum atomic E-state index is 11.8. The monoisotopic (exact) mass is 212 g/mol. The van der Waals surface area contributed by atoms with Crippen LogP contribution in [0.25, 0.3) is 0 Å². The summed E-state index contributed by atoms with van der Waals surface area (Å²) in [6.07, 6.45) is 4.10. The zero-order chi connectivity index (χ0) is 11.1. The molecule has 15 heavy (non-hydrogen) atoms. The summed E-state index contributed by atoms with van der Waals surface area (Å²) in [5.41, 5.74) is 0. The van der Waals surface area contributed by atoms with Crippen LogP contribution in [0.4, 0.5) is 0 Å². The number of carbonyl (C=O) groups is 1. The van der Waals surface area contributed by atoms with Gasteiger partial charge in [-0.1, -0.05) is 6.92 Å². The van der Waals surface area contributed by atoms with Gasteiger partial charge in [-0.3, -0.25) is 4.79 Å². The summed E-state index contributed by atoms with van der Waals surface area (Å²) >= 11 is 0. The molecule has 0 aromatic rings. The first kappa shape index (κ1) is 12.5. The molecular weight excluding hydrogens is 188 g/mol. The topological polar surface area (TPSA) is 32.3 Å². The lowest BCUT2D eigenvalue weighted by atomic mass is 10.0. The van der Waals surface area contributed by atoms with E-state index >= 15 is 0 Å². The molecule has 3 nitrogen and oxygen atoms in total. The average Bonchev–Trinajstić information content (AvgIpc) is 2.75. The molecule has 1 rings (SSSR count). The third-order valence-electron chi connectivity index (χ3n) is 3.16. The van der Waals surface area contributed by atoms with E-state index in [1.54, 1.807) is 0 Å². The second kappa shape index (κ2) is 6.83. The highest BCUT2D eigenvalue weighted by Gasteiger charge is 2.17. The molecular formula is C12H24N2O. The number of nitrogens with zero attached hydrogens (tertiary/aromatic N) is 1. The molecule has 0 aromatic carbocycles. The maximum Gasteiger partial charge on any atom is 0.222 e. The van der Waals surface area contributed by atoms with Gasteiger partial charge in [0.1, 0.15) is 0 Å². The summed E-state index contributed by atoms with van der Waals surface area (Å²) in [5.74, 6) is 1.07. The van der Waals surface area contributed by atoms with E-state index in [9.17, 15) is 4.79 Å². The van der Waals surface area contributed by atoms with Gasteiger partial charge in [-0.15, -0.1) is 0 Å². The van der Waals surface area contributed by atoms with E-state index in [2.05, 4.69) is 19.2 Å². The molecule has 1 amide bonds. The van der Waals surface area contributed by atoms with Crippen LogP contribution in [0.15, 0.2) is 0 Å². The smallest absolute Gasteiger partial charge is 0.222 e. The van der Waals surface area contributed by atoms with E-state index in [0.717, 1.165) is 51.4 Å². The lowest BCUT2D eigenvalue weighted by Gasteiger charge is -2.20. The highest BCUT2D eigenvalue weighted by Crippen LogP contribution is 2.15. The molecule has 0 aliphatic carbocycles. The van der Waals surface area contributed by atoms with Crippen LogP contribution in [0.1, 0.15) is 39.5 Å². The molecule has 1 saturated heterocycles. The van der Waals surface area contributed by atoms with Crippen molar-refractivity contribution < 1.29 is 4.79 Å². The van der Waals surface area contributed by atoms with Crippen LogP contribution < -0.4 is 5.32 Å². The Bertz CT molecular complexity index is 188. The zero-order valence-electron chi connectivity index (χ0n) is 10.1. The number of hydrogen-bond donors (Lipinski definition) is 1. The minimum absolute atomic E-state index is 0.339. The van der Waals surface area contributed by atoms with Crippen molar-refractivity contribution in [1.82, 2.24) is 10.2 Å². The van der Waals surface area contributed by atoms with E-state index in [0.29, 0.717) is 5.91 Å². The van der Waals surface area contributed by atoms with Gasteiger partial charge in [0.15, 0.2) is 0 Å². The van der Waals surface area contributed by atoms with Crippen LogP contribution in [0.5, 0.6) is 0 Å². The normalized spacial score (nSPS) is 20.5. The van der Waals surface area contributed by atoms with Crippen molar-refractivity contribution in [2.24, 2.45) is 5.92 Å². The van der Waals surface area contributed by atoms with Gasteiger partial charge >= 0.3 is 0 Å². The summed E-state index contributed by atoms with van der Waals surface area (Å²) in [7, 11) is 0. The van der Waals surface area contributed by atoms with Gasteiger partial charge in [0.2, 0.25) is 5.91 Å². The fraction of sp³-hybridized carbons (Fsp3) is 0.917. The highest BCUT2D eigenvalue weighted by molar-refractivity contribution is 5.76. The largest absolute Gasteiger partial charge is 0.343 e. The Morgan fingerprint density at radius 3 is 2.80 bits per heavy atom. The molecule has 1 atom stereocenters. The first-order valence-electron chi connectivity index (χ1n) is 6.26. The fourth-order valence-corrected chi connectivity index (χ4v) is 2.18. The fourth-order valence-electron chi connectivity index (χ4n) is 2.18. The van der Waals surface area contributed by atoms with Crippen molar-refractivity contribution in [2.75, 3.05) is 26.2 Å². The van der Waals surface area contributed by atoms with Crippen LogP contribution in [0, 0.1) is 5.92 Å². The van der Waals surface area contributed by atoms with Gasteiger partial charge in [0.25, 0.3) is 0 Å². The van der Waals surface area contributed by atoms with Crippen molar-refractivity contribution in [3.63, 3.8) is 0 Å². The summed E-state index contributed by atoms with van der Waals surface area (Å²) in [6.45, 7) is 8.19. The summed E-state index contributed by atoms with van der Waals surface area (Å²) in [5, 5.41) is 3.34. The third-order valence-corrected chi connectivity index (χ3v) is 3.16. The molecule has 88 valence electrons. The Balaban J connectivity index is 2.20. The number of rotatable bonds is 6. The minimum atomic E-state index is 0.339. The summed E-state index contributed by atoms with van der Waals surface area (Å²) in [4.78, 5) is 13.8. The number of nitrogens with one attached hydrogen (secondary N) is 1. The maximum absolute atomic E-state index is 11.8. The Hall–Kier alpha value is -0.570. The van der Waals surface area contributed by atoms with Gasteiger partial charge in [-0.05, 0) is 45.2 Å². The van der Waals surface area contributed by atoms with Crippen LogP contribution >= 0.6 is 0 Å². The first-order chi connectivity index (χ1) is 7.27. The van der Waals surface area contributed by atoms with Crippen LogP contribution in [-0.2, 0) is 4.79 Å². The van der Waals surface area contributed by atoms with Gasteiger partial charge in [0, 0.05) is 19.5 Å². The quantitative estimate of drug-likeness (QED) is 0.726. The number of hydrogen-bond acceptors (Lipinski definition) is 2. The molecule has 1 unspecified atom stereocenters. The van der Waals surface area contributed by atoms with Gasteiger partial charge < -0.3 is 10.2 Å². The Kier molecular flexibility index (Phi) is 5.69. The van der Waals surface area contributed by atoms with Crippen LogP contribution in [-0.4, -0.2) is 37.0 Å². The molecule has 0 aromatic heterocycles. The summed E-state index contributed by atoms with van der Waals surface area (Å²) in [6, 6.07) is 0. The Morgan fingerprint density at radius 1 is 1.47 bits per heavy atom. The average molecular weight is 212 g/mol. The van der Waals surface area contributed by atoms with Crippen molar-refractivity contribution in [3.8, 4) is 0 Å². The molecule has 0 bridgehead atoms. The second-order valence-corrected chi connectivity index (χ2v) is 4.37. The lowest BCUT2D eigenvalue weighted by molar-refractivity contribution is -0.131. The molecule has 1 aliphatic rings. The predicted molar refractivity (Wildman–Crippen MR) is 62.8 cm³/mol. The molecule has 0 saturated carbocycles. The number of amides is 1. The molecule has 0 radical (unpaired) electrons. The van der Waals surface area contributed by atoms with E-state index < -0.39 is 0 Å². The molecule has 1 N–H and O–H groups in total. The predicted octanol–water partition coefficient (Wildman–Crippen LogP) is 1.63. The second-order valence-electron chi connectivity index (χ2n) is 4.37. The van der Waals surface area contributed by atoms with Gasteiger partial charge in [-0.25, -0.2) is 0 Å². The highest BCUT2D eigenvalue weighted by atomic mass is 16.2. The van der Waals surface area contributed by atoms with E-state index in [4.69, 9.17) is 0 Å². The minimum Gasteiger partial charge on any atom is -0.343 e. The third kappa shape index (κ3) is 4.20. The van der Waals surface area contributed by atoms with E-state index in [-0.39, 0.29) is 0 Å². The lowest BCUT2D eigenvalue weighted by Crippen LogP contribution is -2.31. The van der Waals surface area contributed by atoms with E-state index in [1.165, 1.54) is 6.42 Å². The molecule has 1 aliphatic heterocycles. The van der Waals surface area contributed by atoms with Gasteiger partial charge in [-0.2, -0.15) is 0 Å². The van der Waals surface area contributed by atoms with Crippen molar-refractivity contribution >= 4 is 5.91 Å². The Labute approximate surface area is 93.2 Å². The Morgan fingerprint density at radius 2 is 2.27 bits per heavy atom. The molecule has 3 heteroatoms. The van der Waals surface area contributed by atoms with Gasteiger partial charge in [0.05, 0.1) is 0 Å². The van der Waals surface area contributed by atoms with E-state index in [1.807, 2.05) is 4.90 Å². The molecule has 1 fully saturated rings. The van der Waals surface area contributed by atoms with Crippen LogP contribution in [0.2, 0.25) is 0 Å². The van der Waals surface area contributed by atoms with Crippen molar-refractivity contribution in [1.29, 1.82) is 0 Å². The molecule has 1 heterocycles. The van der Waals surface area contributed by atoms with Crippen LogP contribution in [0.3, 0.4) is 0 Å².